The molecule has 0 saturated carbocycles. The normalized spacial score (nSPS) is 11.0. The zero-order chi connectivity index (χ0) is 12.2. The van der Waals surface area contributed by atoms with Gasteiger partial charge in [0.1, 0.15) is 0 Å². The monoisotopic (exact) mass is 234 g/mol. The van der Waals surface area contributed by atoms with Crippen molar-refractivity contribution in [2.24, 2.45) is 0 Å². The Morgan fingerprint density at radius 2 is 2.06 bits per heavy atom. The van der Waals surface area contributed by atoms with Crippen LogP contribution in [0, 0.1) is 0 Å². The van der Waals surface area contributed by atoms with E-state index in [9.17, 15) is 18.0 Å². The van der Waals surface area contributed by atoms with Crippen LogP contribution in [0.15, 0.2) is 24.3 Å². The van der Waals surface area contributed by atoms with Gasteiger partial charge in [0, 0.05) is 5.69 Å². The van der Waals surface area contributed by atoms with Crippen molar-refractivity contribution in [1.82, 2.24) is 5.48 Å². The van der Waals surface area contributed by atoms with Gasteiger partial charge in [0.25, 0.3) is 0 Å². The number of urea groups is 1. The Balaban J connectivity index is 2.79. The van der Waals surface area contributed by atoms with Crippen molar-refractivity contribution < 1.29 is 22.8 Å². The van der Waals surface area contributed by atoms with E-state index in [-0.39, 0.29) is 5.69 Å². The van der Waals surface area contributed by atoms with E-state index in [1.165, 1.54) is 19.2 Å². The molecule has 0 aliphatic rings. The van der Waals surface area contributed by atoms with E-state index in [2.05, 4.69) is 10.2 Å². The number of benzene rings is 1. The fourth-order valence-electron chi connectivity index (χ4n) is 1.02. The van der Waals surface area contributed by atoms with Crippen LogP contribution in [0.2, 0.25) is 0 Å². The largest absolute Gasteiger partial charge is 0.416 e. The minimum absolute atomic E-state index is 0.0318. The Labute approximate surface area is 89.4 Å². The average Bonchev–Trinajstić information content (AvgIpc) is 2.17. The van der Waals surface area contributed by atoms with Crippen LogP contribution in [-0.2, 0) is 11.0 Å². The number of rotatable bonds is 2. The first-order valence-corrected chi connectivity index (χ1v) is 4.20. The summed E-state index contributed by atoms with van der Waals surface area (Å²) in [5.41, 5.74) is 1.12. The lowest BCUT2D eigenvalue weighted by atomic mass is 10.2. The third kappa shape index (κ3) is 3.43. The third-order valence-electron chi connectivity index (χ3n) is 1.64. The highest BCUT2D eigenvalue weighted by Crippen LogP contribution is 2.30. The highest BCUT2D eigenvalue weighted by Gasteiger charge is 2.30. The van der Waals surface area contributed by atoms with Crippen LogP contribution >= 0.6 is 0 Å². The van der Waals surface area contributed by atoms with Crippen LogP contribution in [0.1, 0.15) is 5.56 Å². The lowest BCUT2D eigenvalue weighted by Gasteiger charge is -2.09. The Hall–Kier alpha value is -1.76. The van der Waals surface area contributed by atoms with Crippen molar-refractivity contribution in [3.8, 4) is 0 Å². The topological polar surface area (TPSA) is 50.4 Å². The van der Waals surface area contributed by atoms with Crippen molar-refractivity contribution in [3.63, 3.8) is 0 Å². The zero-order valence-electron chi connectivity index (χ0n) is 8.26. The van der Waals surface area contributed by atoms with Gasteiger partial charge in [-0.2, -0.15) is 13.2 Å². The van der Waals surface area contributed by atoms with Crippen LogP contribution in [0.5, 0.6) is 0 Å². The molecule has 88 valence electrons. The quantitative estimate of drug-likeness (QED) is 0.772. The molecule has 0 aliphatic heterocycles. The standard InChI is InChI=1S/C9H9F3N2O2/c1-16-14-8(15)13-7-4-2-3-6(5-7)9(10,11)12/h2-5H,1H3,(H2,13,14,15). The van der Waals surface area contributed by atoms with E-state index in [4.69, 9.17) is 0 Å². The van der Waals surface area contributed by atoms with Crippen LogP contribution < -0.4 is 10.8 Å². The van der Waals surface area contributed by atoms with Gasteiger partial charge >= 0.3 is 12.2 Å². The number of amides is 2. The second-order valence-corrected chi connectivity index (χ2v) is 2.84. The van der Waals surface area contributed by atoms with Crippen LogP contribution in [0.3, 0.4) is 0 Å². The molecule has 0 unspecified atom stereocenters. The summed E-state index contributed by atoms with van der Waals surface area (Å²) < 4.78 is 36.9. The molecule has 1 rings (SSSR count). The molecule has 0 heterocycles. The fourth-order valence-corrected chi connectivity index (χ4v) is 1.02. The Kier molecular flexibility index (Phi) is 3.73. The molecular weight excluding hydrogens is 225 g/mol. The van der Waals surface area contributed by atoms with E-state index in [1.807, 2.05) is 5.48 Å². The van der Waals surface area contributed by atoms with Gasteiger partial charge in [-0.1, -0.05) is 6.07 Å². The number of carbonyl (C=O) groups excluding carboxylic acids is 1. The molecule has 0 fully saturated rings. The first kappa shape index (κ1) is 12.3. The van der Waals surface area contributed by atoms with Gasteiger partial charge in [-0.15, -0.1) is 0 Å². The molecule has 2 N–H and O–H groups in total. The molecule has 2 amide bonds. The summed E-state index contributed by atoms with van der Waals surface area (Å²) in [6.07, 6.45) is -4.44. The van der Waals surface area contributed by atoms with E-state index in [0.29, 0.717) is 0 Å². The molecule has 0 bridgehead atoms. The van der Waals surface area contributed by atoms with Gasteiger partial charge in [0.05, 0.1) is 12.7 Å². The summed E-state index contributed by atoms with van der Waals surface area (Å²) in [6.45, 7) is 0. The van der Waals surface area contributed by atoms with Crippen molar-refractivity contribution in [3.05, 3.63) is 29.8 Å². The fraction of sp³-hybridized carbons (Fsp3) is 0.222. The minimum atomic E-state index is -4.44. The number of anilines is 1. The van der Waals surface area contributed by atoms with Gasteiger partial charge in [0.15, 0.2) is 0 Å². The van der Waals surface area contributed by atoms with Crippen molar-refractivity contribution >= 4 is 11.7 Å². The number of halogens is 3. The number of alkyl halides is 3. The van der Waals surface area contributed by atoms with E-state index >= 15 is 0 Å². The maximum atomic E-state index is 12.3. The van der Waals surface area contributed by atoms with Gasteiger partial charge in [-0.3, -0.25) is 4.84 Å². The lowest BCUT2D eigenvalue weighted by molar-refractivity contribution is -0.137. The first-order valence-electron chi connectivity index (χ1n) is 4.20. The smallest absolute Gasteiger partial charge is 0.306 e. The number of hydroxylamine groups is 1. The molecule has 4 nitrogen and oxygen atoms in total. The van der Waals surface area contributed by atoms with Crippen molar-refractivity contribution in [2.45, 2.75) is 6.18 Å². The highest BCUT2D eigenvalue weighted by molar-refractivity contribution is 5.88. The summed E-state index contributed by atoms with van der Waals surface area (Å²) in [5, 5.41) is 2.18. The maximum absolute atomic E-state index is 12.3. The molecule has 0 spiro atoms. The Morgan fingerprint density at radius 1 is 1.38 bits per heavy atom. The second kappa shape index (κ2) is 4.84. The third-order valence-corrected chi connectivity index (χ3v) is 1.64. The molecule has 16 heavy (non-hydrogen) atoms. The van der Waals surface area contributed by atoms with Gasteiger partial charge in [-0.25, -0.2) is 10.3 Å². The molecule has 0 aromatic heterocycles. The van der Waals surface area contributed by atoms with Crippen LogP contribution in [-0.4, -0.2) is 13.1 Å². The predicted octanol–water partition coefficient (Wildman–Crippen LogP) is 2.39. The molecule has 0 atom stereocenters. The molecular formula is C9H9F3N2O2. The summed E-state index contributed by atoms with van der Waals surface area (Å²) >= 11 is 0. The predicted molar refractivity (Wildman–Crippen MR) is 50.6 cm³/mol. The summed E-state index contributed by atoms with van der Waals surface area (Å²) in [6, 6.07) is 3.53. The second-order valence-electron chi connectivity index (χ2n) is 2.84. The van der Waals surface area contributed by atoms with Crippen LogP contribution in [0.25, 0.3) is 0 Å². The zero-order valence-corrected chi connectivity index (χ0v) is 8.26. The Bertz CT molecular complexity index is 379. The van der Waals surface area contributed by atoms with Gasteiger partial charge < -0.3 is 5.32 Å². The average molecular weight is 234 g/mol. The summed E-state index contributed by atoms with van der Waals surface area (Å²) in [7, 11) is 1.21. The first-order chi connectivity index (χ1) is 7.43. The molecule has 0 saturated heterocycles. The highest BCUT2D eigenvalue weighted by atomic mass is 19.4. The Morgan fingerprint density at radius 3 is 2.62 bits per heavy atom. The molecule has 0 aliphatic carbocycles. The SMILES string of the molecule is CONC(=O)Nc1cccc(C(F)(F)F)c1. The number of carbonyl (C=O) groups is 1. The van der Waals surface area contributed by atoms with E-state index in [0.717, 1.165) is 12.1 Å². The van der Waals surface area contributed by atoms with Crippen molar-refractivity contribution in [1.29, 1.82) is 0 Å². The number of hydrogen-bond acceptors (Lipinski definition) is 2. The summed E-state index contributed by atoms with van der Waals surface area (Å²) in [5.74, 6) is 0. The minimum Gasteiger partial charge on any atom is -0.306 e. The lowest BCUT2D eigenvalue weighted by Crippen LogP contribution is -2.27. The number of nitrogens with one attached hydrogen (secondary N) is 2. The maximum Gasteiger partial charge on any atom is 0.416 e. The van der Waals surface area contributed by atoms with Crippen molar-refractivity contribution in [2.75, 3.05) is 12.4 Å². The molecule has 0 radical (unpaired) electrons. The summed E-state index contributed by atoms with van der Waals surface area (Å²) in [4.78, 5) is 15.2. The molecule has 1 aromatic rings. The van der Waals surface area contributed by atoms with Gasteiger partial charge in [-0.05, 0) is 18.2 Å². The van der Waals surface area contributed by atoms with Crippen LogP contribution in [0.4, 0.5) is 23.7 Å². The van der Waals surface area contributed by atoms with Gasteiger partial charge in [0.2, 0.25) is 0 Å². The molecule has 7 heteroatoms. The number of hydrogen-bond donors (Lipinski definition) is 2. The molecule has 1 aromatic carbocycles. The van der Waals surface area contributed by atoms with E-state index in [1.54, 1.807) is 0 Å². The van der Waals surface area contributed by atoms with E-state index < -0.39 is 17.8 Å².